The lowest BCUT2D eigenvalue weighted by atomic mass is 10.1. The first-order chi connectivity index (χ1) is 7.18. The lowest BCUT2D eigenvalue weighted by molar-refractivity contribution is 0.100. The van der Waals surface area contributed by atoms with E-state index in [0.717, 1.165) is 14.9 Å². The van der Waals surface area contributed by atoms with Gasteiger partial charge in [-0.3, -0.25) is 4.79 Å². The van der Waals surface area contributed by atoms with E-state index >= 15 is 0 Å². The molecule has 15 heavy (non-hydrogen) atoms. The Morgan fingerprint density at radius 3 is 2.47 bits per heavy atom. The highest BCUT2D eigenvalue weighted by Crippen LogP contribution is 2.30. The second-order valence-electron chi connectivity index (χ2n) is 3.03. The molecule has 0 saturated carbocycles. The van der Waals surface area contributed by atoms with Crippen molar-refractivity contribution >= 4 is 33.2 Å². The molecule has 2 nitrogen and oxygen atoms in total. The predicted octanol–water partition coefficient (Wildman–Crippen LogP) is 3.28. The molecule has 1 heterocycles. The molecule has 76 valence electrons. The lowest BCUT2D eigenvalue weighted by Crippen LogP contribution is -2.10. The number of carbonyl (C=O) groups is 1. The Bertz CT molecular complexity index is 490. The summed E-state index contributed by atoms with van der Waals surface area (Å²) in [4.78, 5) is 12.1. The minimum absolute atomic E-state index is 0.380. The van der Waals surface area contributed by atoms with Gasteiger partial charge in [-0.1, -0.05) is 28.1 Å². The number of carbonyl (C=O) groups excluding carboxylic acids is 1. The molecule has 0 aliphatic carbocycles. The Morgan fingerprint density at radius 1 is 1.20 bits per heavy atom. The van der Waals surface area contributed by atoms with E-state index in [-0.39, 0.29) is 5.91 Å². The second-order valence-corrected chi connectivity index (χ2v) is 4.87. The average molecular weight is 282 g/mol. The normalized spacial score (nSPS) is 10.2. The molecule has 0 aliphatic rings. The Morgan fingerprint density at radius 2 is 1.87 bits per heavy atom. The van der Waals surface area contributed by atoms with E-state index in [1.165, 1.54) is 11.3 Å². The Labute approximate surface area is 99.9 Å². The molecule has 0 aliphatic heterocycles. The average Bonchev–Trinajstić information content (AvgIpc) is 2.67. The number of thiophene rings is 1. The zero-order valence-corrected chi connectivity index (χ0v) is 10.1. The number of benzene rings is 1. The molecule has 1 aromatic heterocycles. The molecule has 1 amide bonds. The van der Waals surface area contributed by atoms with E-state index in [9.17, 15) is 4.79 Å². The summed E-state index contributed by atoms with van der Waals surface area (Å²) < 4.78 is 1.02. The Balaban J connectivity index is 2.49. The smallest absolute Gasteiger partial charge is 0.250 e. The number of halogens is 1. The zero-order valence-electron chi connectivity index (χ0n) is 7.74. The van der Waals surface area contributed by atoms with Gasteiger partial charge >= 0.3 is 0 Å². The molecular weight excluding hydrogens is 274 g/mol. The van der Waals surface area contributed by atoms with Crippen LogP contribution >= 0.6 is 27.3 Å². The van der Waals surface area contributed by atoms with Crippen LogP contribution in [0.5, 0.6) is 0 Å². The van der Waals surface area contributed by atoms with Crippen molar-refractivity contribution < 1.29 is 4.79 Å². The van der Waals surface area contributed by atoms with Gasteiger partial charge in [-0.25, -0.2) is 0 Å². The van der Waals surface area contributed by atoms with Gasteiger partial charge in [0.15, 0.2) is 0 Å². The van der Waals surface area contributed by atoms with E-state index in [0.29, 0.717) is 5.56 Å². The van der Waals surface area contributed by atoms with Gasteiger partial charge in [0, 0.05) is 9.35 Å². The number of nitrogens with two attached hydrogens (primary N) is 1. The van der Waals surface area contributed by atoms with Crippen LogP contribution in [0.3, 0.4) is 0 Å². The van der Waals surface area contributed by atoms with Gasteiger partial charge in [0.25, 0.3) is 0 Å². The van der Waals surface area contributed by atoms with Crippen LogP contribution in [0.1, 0.15) is 10.4 Å². The zero-order chi connectivity index (χ0) is 10.8. The highest BCUT2D eigenvalue weighted by atomic mass is 79.9. The quantitative estimate of drug-likeness (QED) is 0.902. The summed E-state index contributed by atoms with van der Waals surface area (Å²) in [5.41, 5.74) is 6.89. The molecule has 2 N–H and O–H groups in total. The summed E-state index contributed by atoms with van der Waals surface area (Å²) in [6, 6.07) is 9.56. The molecule has 4 heteroatoms. The number of hydrogen-bond donors (Lipinski definition) is 1. The van der Waals surface area contributed by atoms with Crippen LogP contribution in [-0.4, -0.2) is 5.91 Å². The third-order valence-corrected chi connectivity index (χ3v) is 3.53. The van der Waals surface area contributed by atoms with Crippen molar-refractivity contribution in [2.24, 2.45) is 5.73 Å². The molecule has 0 atom stereocenters. The van der Waals surface area contributed by atoms with Crippen molar-refractivity contribution in [1.82, 2.24) is 0 Å². The first-order valence-electron chi connectivity index (χ1n) is 4.31. The largest absolute Gasteiger partial charge is 0.366 e. The monoisotopic (exact) mass is 281 g/mol. The fraction of sp³-hybridized carbons (Fsp3) is 0. The van der Waals surface area contributed by atoms with Crippen LogP contribution in [0.4, 0.5) is 0 Å². The third kappa shape index (κ3) is 2.11. The van der Waals surface area contributed by atoms with E-state index in [4.69, 9.17) is 5.73 Å². The van der Waals surface area contributed by atoms with Crippen LogP contribution in [0, 0.1) is 0 Å². The van der Waals surface area contributed by atoms with E-state index in [1.54, 1.807) is 6.07 Å². The molecule has 0 unspecified atom stereocenters. The van der Waals surface area contributed by atoms with Gasteiger partial charge in [0.05, 0.1) is 5.56 Å². The summed E-state index contributed by atoms with van der Waals surface area (Å²) in [5.74, 6) is -0.380. The van der Waals surface area contributed by atoms with Crippen molar-refractivity contribution in [3.63, 3.8) is 0 Å². The standard InChI is InChI=1S/C11H8BrNOS/c12-8-3-1-7(2-4-8)10-9(11(13)14)5-6-15-10/h1-6H,(H2,13,14). The fourth-order valence-corrected chi connectivity index (χ4v) is 2.50. The van der Waals surface area contributed by atoms with Crippen molar-refractivity contribution in [3.8, 4) is 10.4 Å². The highest BCUT2D eigenvalue weighted by Gasteiger charge is 2.10. The molecule has 0 radical (unpaired) electrons. The first kappa shape index (κ1) is 10.4. The fourth-order valence-electron chi connectivity index (χ4n) is 1.33. The maximum absolute atomic E-state index is 11.1. The summed E-state index contributed by atoms with van der Waals surface area (Å²) in [6.07, 6.45) is 0. The van der Waals surface area contributed by atoms with E-state index < -0.39 is 0 Å². The van der Waals surface area contributed by atoms with Gasteiger partial charge in [-0.2, -0.15) is 0 Å². The minimum Gasteiger partial charge on any atom is -0.366 e. The number of primary amides is 1. The van der Waals surface area contributed by atoms with Gasteiger partial charge in [-0.15, -0.1) is 11.3 Å². The van der Waals surface area contributed by atoms with E-state index in [2.05, 4.69) is 15.9 Å². The van der Waals surface area contributed by atoms with Gasteiger partial charge < -0.3 is 5.73 Å². The first-order valence-corrected chi connectivity index (χ1v) is 5.99. The second kappa shape index (κ2) is 4.16. The van der Waals surface area contributed by atoms with Crippen LogP contribution in [0.15, 0.2) is 40.2 Å². The molecular formula is C11H8BrNOS. The molecule has 1 aromatic carbocycles. The molecule has 2 aromatic rings. The van der Waals surface area contributed by atoms with Crippen LogP contribution in [0.2, 0.25) is 0 Å². The number of amides is 1. The molecule has 2 rings (SSSR count). The van der Waals surface area contributed by atoms with Crippen LogP contribution in [-0.2, 0) is 0 Å². The summed E-state index contributed by atoms with van der Waals surface area (Å²) in [6.45, 7) is 0. The summed E-state index contributed by atoms with van der Waals surface area (Å²) >= 11 is 4.89. The number of hydrogen-bond acceptors (Lipinski definition) is 2. The van der Waals surface area contributed by atoms with Gasteiger partial charge in [0.1, 0.15) is 0 Å². The molecule has 0 fully saturated rings. The summed E-state index contributed by atoms with van der Waals surface area (Å²) in [5, 5.41) is 1.87. The predicted molar refractivity (Wildman–Crippen MR) is 66.0 cm³/mol. The third-order valence-electron chi connectivity index (χ3n) is 2.04. The molecule has 0 spiro atoms. The maximum Gasteiger partial charge on any atom is 0.250 e. The minimum atomic E-state index is -0.380. The Hall–Kier alpha value is -1.13. The topological polar surface area (TPSA) is 43.1 Å². The highest BCUT2D eigenvalue weighted by molar-refractivity contribution is 9.10. The van der Waals surface area contributed by atoms with Crippen molar-refractivity contribution in [3.05, 3.63) is 45.7 Å². The van der Waals surface area contributed by atoms with Crippen LogP contribution in [0.25, 0.3) is 10.4 Å². The summed E-state index contributed by atoms with van der Waals surface area (Å²) in [7, 11) is 0. The van der Waals surface area contributed by atoms with Gasteiger partial charge in [-0.05, 0) is 29.1 Å². The van der Waals surface area contributed by atoms with Crippen molar-refractivity contribution in [2.75, 3.05) is 0 Å². The van der Waals surface area contributed by atoms with Crippen molar-refractivity contribution in [1.29, 1.82) is 0 Å². The molecule has 0 bridgehead atoms. The Kier molecular flexibility index (Phi) is 2.88. The van der Waals surface area contributed by atoms with Crippen molar-refractivity contribution in [2.45, 2.75) is 0 Å². The molecule has 0 saturated heterocycles. The maximum atomic E-state index is 11.1. The lowest BCUT2D eigenvalue weighted by Gasteiger charge is -2.00. The van der Waals surface area contributed by atoms with Crippen LogP contribution < -0.4 is 5.73 Å². The van der Waals surface area contributed by atoms with E-state index in [1.807, 2.05) is 29.6 Å². The SMILES string of the molecule is NC(=O)c1ccsc1-c1ccc(Br)cc1. The number of rotatable bonds is 2. The van der Waals surface area contributed by atoms with Gasteiger partial charge in [0.2, 0.25) is 5.91 Å².